The van der Waals surface area contributed by atoms with Gasteiger partial charge >= 0.3 is 0 Å². The average molecular weight is 550 g/mol. The molecule has 0 radical (unpaired) electrons. The number of aryl methyl sites for hydroxylation is 1. The summed E-state index contributed by atoms with van der Waals surface area (Å²) in [5.41, 5.74) is 9.22. The van der Waals surface area contributed by atoms with Crippen LogP contribution in [-0.4, -0.2) is 36.5 Å². The number of carbonyl (C=O) groups is 1. The van der Waals surface area contributed by atoms with Gasteiger partial charge in [-0.1, -0.05) is 37.3 Å². The number of hydrogen-bond acceptors (Lipinski definition) is 4. The van der Waals surface area contributed by atoms with Crippen molar-refractivity contribution in [2.75, 3.05) is 24.5 Å². The number of halogens is 1. The van der Waals surface area contributed by atoms with E-state index in [2.05, 4.69) is 64.7 Å². The molecule has 1 atom stereocenters. The van der Waals surface area contributed by atoms with Crippen LogP contribution >= 0.6 is 24.0 Å². The molecule has 2 aromatic rings. The standard InChI is InChI=1S/C24H34N6O.HI/c1-3-18-9-5-6-10-19(18)15-28-24(26-4-2)29-16-20-11-7-13-27-23(20)30-14-8-12-21(17-30)22(25)31;/h5-7,9-11,13,21H,3-4,8,12,14-17H2,1-2H3,(H2,25,31)(H2,26,28,29);1H. The van der Waals surface area contributed by atoms with E-state index in [0.29, 0.717) is 13.1 Å². The lowest BCUT2D eigenvalue weighted by Crippen LogP contribution is -2.42. The van der Waals surface area contributed by atoms with Crippen LogP contribution in [0, 0.1) is 5.92 Å². The number of benzene rings is 1. The second-order valence-corrected chi connectivity index (χ2v) is 7.84. The fourth-order valence-electron chi connectivity index (χ4n) is 4.00. The van der Waals surface area contributed by atoms with E-state index in [1.54, 1.807) is 6.20 Å². The number of anilines is 1. The molecule has 0 bridgehead atoms. The van der Waals surface area contributed by atoms with Gasteiger partial charge in [0, 0.05) is 37.9 Å². The SMILES string of the molecule is CCNC(=NCc1cccnc1N1CCCC(C(N)=O)C1)NCc1ccccc1CC.I. The lowest BCUT2D eigenvalue weighted by Gasteiger charge is -2.33. The largest absolute Gasteiger partial charge is 0.369 e. The molecule has 32 heavy (non-hydrogen) atoms. The van der Waals surface area contributed by atoms with Crippen LogP contribution in [0.15, 0.2) is 47.6 Å². The molecule has 0 aliphatic carbocycles. The highest BCUT2D eigenvalue weighted by Crippen LogP contribution is 2.25. The highest BCUT2D eigenvalue weighted by Gasteiger charge is 2.25. The van der Waals surface area contributed by atoms with Gasteiger partial charge in [0.1, 0.15) is 5.82 Å². The van der Waals surface area contributed by atoms with Gasteiger partial charge in [0.05, 0.1) is 12.5 Å². The third-order valence-electron chi connectivity index (χ3n) is 5.69. The molecule has 4 N–H and O–H groups in total. The summed E-state index contributed by atoms with van der Waals surface area (Å²) in [5, 5.41) is 6.77. The summed E-state index contributed by atoms with van der Waals surface area (Å²) in [6.07, 6.45) is 4.59. The van der Waals surface area contributed by atoms with Crippen LogP contribution in [0.2, 0.25) is 0 Å². The number of amides is 1. The Kier molecular flexibility index (Phi) is 10.7. The van der Waals surface area contributed by atoms with Crippen LogP contribution in [0.3, 0.4) is 0 Å². The highest BCUT2D eigenvalue weighted by atomic mass is 127. The number of pyridine rings is 1. The lowest BCUT2D eigenvalue weighted by molar-refractivity contribution is -0.122. The summed E-state index contributed by atoms with van der Waals surface area (Å²) in [7, 11) is 0. The summed E-state index contributed by atoms with van der Waals surface area (Å²) < 4.78 is 0. The van der Waals surface area contributed by atoms with Crippen molar-refractivity contribution >= 4 is 41.7 Å². The van der Waals surface area contributed by atoms with E-state index in [1.807, 2.05) is 6.07 Å². The van der Waals surface area contributed by atoms with Crippen molar-refractivity contribution in [1.82, 2.24) is 15.6 Å². The van der Waals surface area contributed by atoms with Crippen molar-refractivity contribution in [2.24, 2.45) is 16.6 Å². The van der Waals surface area contributed by atoms with E-state index < -0.39 is 0 Å². The summed E-state index contributed by atoms with van der Waals surface area (Å²) in [4.78, 5) is 23.2. The number of rotatable bonds is 8. The highest BCUT2D eigenvalue weighted by molar-refractivity contribution is 14.0. The van der Waals surface area contributed by atoms with Gasteiger partial charge in [-0.15, -0.1) is 24.0 Å². The summed E-state index contributed by atoms with van der Waals surface area (Å²) in [5.74, 6) is 1.32. The van der Waals surface area contributed by atoms with Crippen molar-refractivity contribution in [3.05, 3.63) is 59.3 Å². The fourth-order valence-corrected chi connectivity index (χ4v) is 4.00. The molecular weight excluding hydrogens is 515 g/mol. The topological polar surface area (TPSA) is 95.6 Å². The Labute approximate surface area is 208 Å². The zero-order valence-corrected chi connectivity index (χ0v) is 21.3. The van der Waals surface area contributed by atoms with E-state index in [1.165, 1.54) is 11.1 Å². The van der Waals surface area contributed by atoms with Crippen LogP contribution < -0.4 is 21.3 Å². The van der Waals surface area contributed by atoms with Crippen LogP contribution in [0.5, 0.6) is 0 Å². The first kappa shape index (κ1) is 25.9. The summed E-state index contributed by atoms with van der Waals surface area (Å²) >= 11 is 0. The first-order chi connectivity index (χ1) is 15.1. The minimum Gasteiger partial charge on any atom is -0.369 e. The average Bonchev–Trinajstić information content (AvgIpc) is 2.81. The molecule has 1 fully saturated rings. The van der Waals surface area contributed by atoms with E-state index >= 15 is 0 Å². The van der Waals surface area contributed by atoms with E-state index in [0.717, 1.165) is 56.2 Å². The molecular formula is C24H35IN6O. The zero-order chi connectivity index (χ0) is 22.1. The monoisotopic (exact) mass is 550 g/mol. The maximum atomic E-state index is 11.7. The molecule has 174 valence electrons. The Balaban J connectivity index is 0.00000363. The normalized spacial score (nSPS) is 16.2. The first-order valence-electron chi connectivity index (χ1n) is 11.2. The molecule has 0 saturated carbocycles. The third-order valence-corrected chi connectivity index (χ3v) is 5.69. The maximum absolute atomic E-state index is 11.7. The number of aliphatic imine (C=N–C) groups is 1. The Morgan fingerprint density at radius 3 is 2.62 bits per heavy atom. The third kappa shape index (κ3) is 7.08. The maximum Gasteiger partial charge on any atom is 0.222 e. The minimum atomic E-state index is -0.230. The zero-order valence-electron chi connectivity index (χ0n) is 19.0. The molecule has 1 saturated heterocycles. The number of aromatic nitrogens is 1. The second kappa shape index (κ2) is 13.2. The minimum absolute atomic E-state index is 0. The molecule has 2 heterocycles. The summed E-state index contributed by atoms with van der Waals surface area (Å²) in [6, 6.07) is 12.5. The molecule has 3 rings (SSSR count). The van der Waals surface area contributed by atoms with Gasteiger partial charge < -0.3 is 21.3 Å². The molecule has 1 unspecified atom stereocenters. The van der Waals surface area contributed by atoms with Crippen LogP contribution in [0.1, 0.15) is 43.4 Å². The van der Waals surface area contributed by atoms with Gasteiger partial charge in [0.15, 0.2) is 5.96 Å². The molecule has 1 aliphatic heterocycles. The van der Waals surface area contributed by atoms with Crippen molar-refractivity contribution in [1.29, 1.82) is 0 Å². The van der Waals surface area contributed by atoms with Crippen LogP contribution in [-0.2, 0) is 24.3 Å². The van der Waals surface area contributed by atoms with Gasteiger partial charge in [-0.3, -0.25) is 4.79 Å². The van der Waals surface area contributed by atoms with Gasteiger partial charge in [0.25, 0.3) is 0 Å². The molecule has 8 heteroatoms. The van der Waals surface area contributed by atoms with E-state index in [9.17, 15) is 4.79 Å². The number of nitrogens with two attached hydrogens (primary N) is 1. The molecule has 1 aromatic carbocycles. The van der Waals surface area contributed by atoms with Crippen molar-refractivity contribution in [3.63, 3.8) is 0 Å². The Morgan fingerprint density at radius 1 is 1.16 bits per heavy atom. The van der Waals surface area contributed by atoms with Gasteiger partial charge in [-0.2, -0.15) is 0 Å². The number of guanidine groups is 1. The number of hydrogen-bond donors (Lipinski definition) is 3. The number of primary amides is 1. The molecule has 7 nitrogen and oxygen atoms in total. The van der Waals surface area contributed by atoms with Crippen molar-refractivity contribution < 1.29 is 4.79 Å². The first-order valence-corrected chi connectivity index (χ1v) is 11.2. The fraction of sp³-hybridized carbons (Fsp3) is 0.458. The van der Waals surface area contributed by atoms with E-state index in [-0.39, 0.29) is 35.8 Å². The molecule has 1 amide bonds. The molecule has 1 aliphatic rings. The predicted octanol–water partition coefficient (Wildman–Crippen LogP) is 3.22. The van der Waals surface area contributed by atoms with Gasteiger partial charge in [-0.25, -0.2) is 9.98 Å². The van der Waals surface area contributed by atoms with Gasteiger partial charge in [-0.05, 0) is 43.4 Å². The predicted molar refractivity (Wildman–Crippen MR) is 141 cm³/mol. The Morgan fingerprint density at radius 2 is 1.91 bits per heavy atom. The number of carbonyl (C=O) groups excluding carboxylic acids is 1. The lowest BCUT2D eigenvalue weighted by atomic mass is 9.97. The van der Waals surface area contributed by atoms with Crippen LogP contribution in [0.4, 0.5) is 5.82 Å². The smallest absolute Gasteiger partial charge is 0.222 e. The second-order valence-electron chi connectivity index (χ2n) is 7.84. The molecule has 1 aromatic heterocycles. The van der Waals surface area contributed by atoms with Gasteiger partial charge in [0.2, 0.25) is 5.91 Å². The number of piperidine rings is 1. The van der Waals surface area contributed by atoms with Crippen molar-refractivity contribution in [2.45, 2.75) is 46.2 Å². The number of nitrogens with one attached hydrogen (secondary N) is 2. The molecule has 0 spiro atoms. The summed E-state index contributed by atoms with van der Waals surface area (Å²) in [6.45, 7) is 7.75. The van der Waals surface area contributed by atoms with E-state index in [4.69, 9.17) is 10.7 Å². The quantitative estimate of drug-likeness (QED) is 0.267. The Bertz CT molecular complexity index is 904. The Hall–Kier alpha value is -2.36. The number of nitrogens with zero attached hydrogens (tertiary/aromatic N) is 3. The van der Waals surface area contributed by atoms with Crippen molar-refractivity contribution in [3.8, 4) is 0 Å². The van der Waals surface area contributed by atoms with Crippen LogP contribution in [0.25, 0.3) is 0 Å².